The average Bonchev–Trinajstić information content (AvgIpc) is 2.51. The molecule has 0 aliphatic carbocycles. The van der Waals surface area contributed by atoms with Crippen LogP contribution in [-0.2, 0) is 16.0 Å². The number of rotatable bonds is 1. The normalized spacial score (nSPS) is 19.4. The third kappa shape index (κ3) is 5.21. The number of ketones is 1. The predicted octanol–water partition coefficient (Wildman–Crippen LogP) is 3.69. The highest BCUT2D eigenvalue weighted by atomic mass is 16.5. The fourth-order valence-electron chi connectivity index (χ4n) is 2.70. The number of carbonyl (C=O) groups is 2. The SMILES string of the molecule is CC(C)[C@@H]1CC=CCCC=CC(=O)Cc2cc(O)cc(O)c2C(=O)O1. The van der Waals surface area contributed by atoms with Gasteiger partial charge in [0.2, 0.25) is 0 Å². The first-order valence-corrected chi connectivity index (χ1v) is 8.48. The number of aromatic hydroxyl groups is 2. The highest BCUT2D eigenvalue weighted by molar-refractivity contribution is 5.98. The van der Waals surface area contributed by atoms with Crippen LogP contribution in [0.1, 0.15) is 49.0 Å². The van der Waals surface area contributed by atoms with E-state index in [1.54, 1.807) is 6.08 Å². The molecule has 0 bridgehead atoms. The number of allylic oxidation sites excluding steroid dienone is 3. The van der Waals surface area contributed by atoms with Crippen LogP contribution in [0.25, 0.3) is 0 Å². The summed E-state index contributed by atoms with van der Waals surface area (Å²) < 4.78 is 5.58. The van der Waals surface area contributed by atoms with E-state index in [9.17, 15) is 19.8 Å². The fourth-order valence-corrected chi connectivity index (χ4v) is 2.70. The summed E-state index contributed by atoms with van der Waals surface area (Å²) in [5.74, 6) is -1.38. The van der Waals surface area contributed by atoms with Crippen molar-refractivity contribution >= 4 is 11.8 Å². The Hall–Kier alpha value is -2.56. The van der Waals surface area contributed by atoms with E-state index in [2.05, 4.69) is 0 Å². The maximum Gasteiger partial charge on any atom is 0.342 e. The van der Waals surface area contributed by atoms with E-state index in [4.69, 9.17) is 4.74 Å². The van der Waals surface area contributed by atoms with Crippen molar-refractivity contribution in [2.75, 3.05) is 0 Å². The molecular formula is C20H24O5. The number of phenols is 2. The second kappa shape index (κ2) is 8.51. The molecule has 0 unspecified atom stereocenters. The van der Waals surface area contributed by atoms with Crippen molar-refractivity contribution in [1.82, 2.24) is 0 Å². The molecular weight excluding hydrogens is 320 g/mol. The van der Waals surface area contributed by atoms with Crippen molar-refractivity contribution in [2.45, 2.75) is 45.6 Å². The number of ether oxygens (including phenoxy) is 1. The first kappa shape index (κ1) is 18.8. The molecule has 1 heterocycles. The summed E-state index contributed by atoms with van der Waals surface area (Å²) in [6.07, 6.45) is 8.94. The van der Waals surface area contributed by atoms with Gasteiger partial charge in [0.25, 0.3) is 0 Å². The molecule has 0 amide bonds. The zero-order valence-electron chi connectivity index (χ0n) is 14.6. The molecule has 5 nitrogen and oxygen atoms in total. The minimum absolute atomic E-state index is 0.0637. The zero-order chi connectivity index (χ0) is 18.4. The molecule has 5 heteroatoms. The Bertz CT molecular complexity index is 700. The lowest BCUT2D eigenvalue weighted by Crippen LogP contribution is -2.24. The molecule has 2 N–H and O–H groups in total. The van der Waals surface area contributed by atoms with Gasteiger partial charge in [0.1, 0.15) is 23.2 Å². The van der Waals surface area contributed by atoms with E-state index in [1.165, 1.54) is 12.1 Å². The highest BCUT2D eigenvalue weighted by Crippen LogP contribution is 2.30. The van der Waals surface area contributed by atoms with Crippen LogP contribution in [0.3, 0.4) is 0 Å². The Kier molecular flexibility index (Phi) is 6.39. The van der Waals surface area contributed by atoms with Gasteiger partial charge in [-0.15, -0.1) is 0 Å². The smallest absolute Gasteiger partial charge is 0.342 e. The highest BCUT2D eigenvalue weighted by Gasteiger charge is 2.24. The summed E-state index contributed by atoms with van der Waals surface area (Å²) in [7, 11) is 0. The van der Waals surface area contributed by atoms with Gasteiger partial charge in [0.15, 0.2) is 5.78 Å². The zero-order valence-corrected chi connectivity index (χ0v) is 14.6. The van der Waals surface area contributed by atoms with Crippen LogP contribution < -0.4 is 0 Å². The molecule has 0 saturated heterocycles. The lowest BCUT2D eigenvalue weighted by Gasteiger charge is -2.21. The monoisotopic (exact) mass is 344 g/mol. The summed E-state index contributed by atoms with van der Waals surface area (Å²) in [5, 5.41) is 19.8. The van der Waals surface area contributed by atoms with Crippen molar-refractivity contribution in [2.24, 2.45) is 5.92 Å². The third-order valence-electron chi connectivity index (χ3n) is 4.09. The molecule has 1 aliphatic rings. The maximum atomic E-state index is 12.6. The first-order valence-electron chi connectivity index (χ1n) is 8.48. The van der Waals surface area contributed by atoms with E-state index >= 15 is 0 Å². The second-order valence-electron chi connectivity index (χ2n) is 6.52. The minimum Gasteiger partial charge on any atom is -0.508 e. The molecule has 0 fully saturated rings. The molecule has 0 spiro atoms. The third-order valence-corrected chi connectivity index (χ3v) is 4.09. The van der Waals surface area contributed by atoms with Crippen molar-refractivity contribution in [3.8, 4) is 11.5 Å². The summed E-state index contributed by atoms with van der Waals surface area (Å²) >= 11 is 0. The lowest BCUT2D eigenvalue weighted by atomic mass is 9.99. The minimum atomic E-state index is -0.687. The quantitative estimate of drug-likeness (QED) is 0.600. The Morgan fingerprint density at radius 3 is 2.52 bits per heavy atom. The number of cyclic esters (lactones) is 1. The van der Waals surface area contributed by atoms with Gasteiger partial charge in [-0.2, -0.15) is 0 Å². The summed E-state index contributed by atoms with van der Waals surface area (Å²) in [5.41, 5.74) is 0.193. The van der Waals surface area contributed by atoms with Gasteiger partial charge in [-0.1, -0.05) is 32.1 Å². The van der Waals surface area contributed by atoms with Crippen molar-refractivity contribution in [1.29, 1.82) is 0 Å². The second-order valence-corrected chi connectivity index (χ2v) is 6.52. The molecule has 0 radical (unpaired) electrons. The number of benzene rings is 1. The Labute approximate surface area is 147 Å². The van der Waals surface area contributed by atoms with Gasteiger partial charge in [-0.05, 0) is 36.5 Å². The van der Waals surface area contributed by atoms with Gasteiger partial charge < -0.3 is 14.9 Å². The van der Waals surface area contributed by atoms with Crippen molar-refractivity contribution in [3.05, 3.63) is 47.6 Å². The summed E-state index contributed by atoms with van der Waals surface area (Å²) in [6, 6.07) is 2.39. The van der Waals surface area contributed by atoms with Crippen LogP contribution in [0.15, 0.2) is 36.4 Å². The molecule has 1 aromatic carbocycles. The molecule has 1 atom stereocenters. The summed E-state index contributed by atoms with van der Waals surface area (Å²) in [4.78, 5) is 24.7. The average molecular weight is 344 g/mol. The molecule has 1 aromatic rings. The molecule has 134 valence electrons. The first-order chi connectivity index (χ1) is 11.9. The predicted molar refractivity (Wildman–Crippen MR) is 94.7 cm³/mol. The molecule has 0 saturated carbocycles. The maximum absolute atomic E-state index is 12.6. The van der Waals surface area contributed by atoms with Crippen molar-refractivity contribution in [3.63, 3.8) is 0 Å². The van der Waals surface area contributed by atoms with Crippen LogP contribution in [-0.4, -0.2) is 28.1 Å². The van der Waals surface area contributed by atoms with Crippen LogP contribution in [0.5, 0.6) is 11.5 Å². The standard InChI is InChI=1S/C20H24O5/c1-13(2)18-9-7-5-3-4-6-8-15(21)10-14-11-16(22)12-17(23)19(14)20(24)25-18/h5-8,11-13,18,22-23H,3-4,9-10H2,1-2H3/t18-/m0/s1. The van der Waals surface area contributed by atoms with Gasteiger partial charge >= 0.3 is 5.97 Å². The largest absolute Gasteiger partial charge is 0.508 e. The van der Waals surface area contributed by atoms with Gasteiger partial charge in [-0.3, -0.25) is 4.79 Å². The Balaban J connectivity index is 2.43. The fraction of sp³-hybridized carbons (Fsp3) is 0.400. The van der Waals surface area contributed by atoms with E-state index in [-0.39, 0.29) is 46.9 Å². The van der Waals surface area contributed by atoms with Gasteiger partial charge in [0.05, 0.1) is 0 Å². The number of hydrogen-bond acceptors (Lipinski definition) is 5. The molecule has 25 heavy (non-hydrogen) atoms. The van der Waals surface area contributed by atoms with Gasteiger partial charge in [0, 0.05) is 18.9 Å². The number of fused-ring (bicyclic) bond motifs is 1. The van der Waals surface area contributed by atoms with E-state index < -0.39 is 5.97 Å². The van der Waals surface area contributed by atoms with E-state index in [1.807, 2.05) is 26.0 Å². The Morgan fingerprint density at radius 1 is 1.08 bits per heavy atom. The van der Waals surface area contributed by atoms with Crippen molar-refractivity contribution < 1.29 is 24.5 Å². The number of hydrogen-bond donors (Lipinski definition) is 2. The van der Waals surface area contributed by atoms with Crippen LogP contribution >= 0.6 is 0 Å². The molecule has 2 rings (SSSR count). The molecule has 0 aromatic heterocycles. The molecule has 1 aliphatic heterocycles. The van der Waals surface area contributed by atoms with E-state index in [0.29, 0.717) is 6.42 Å². The topological polar surface area (TPSA) is 83.8 Å². The van der Waals surface area contributed by atoms with E-state index in [0.717, 1.165) is 18.9 Å². The number of esters is 1. The van der Waals surface area contributed by atoms with Crippen LogP contribution in [0, 0.1) is 5.92 Å². The number of carbonyl (C=O) groups excluding carboxylic acids is 2. The summed E-state index contributed by atoms with van der Waals surface area (Å²) in [6.45, 7) is 3.91. The van der Waals surface area contributed by atoms with Crippen LogP contribution in [0.4, 0.5) is 0 Å². The van der Waals surface area contributed by atoms with Gasteiger partial charge in [-0.25, -0.2) is 4.79 Å². The number of phenolic OH excluding ortho intramolecular Hbond substituents is 2. The van der Waals surface area contributed by atoms with Crippen LogP contribution in [0.2, 0.25) is 0 Å². The Morgan fingerprint density at radius 2 is 1.80 bits per heavy atom. The lowest BCUT2D eigenvalue weighted by molar-refractivity contribution is -0.114.